The molecule has 0 aromatic carbocycles. The number of hydrogen-bond donors (Lipinski definition) is 1. The summed E-state index contributed by atoms with van der Waals surface area (Å²) in [4.78, 5) is 13.5. The molecular weight excluding hydrogens is 246 g/mol. The lowest BCUT2D eigenvalue weighted by atomic mass is 10.4. The van der Waals surface area contributed by atoms with Crippen molar-refractivity contribution < 1.29 is 27.5 Å². The van der Waals surface area contributed by atoms with Crippen LogP contribution in [0.15, 0.2) is 12.3 Å². The van der Waals surface area contributed by atoms with Crippen molar-refractivity contribution >= 4 is 11.6 Å². The van der Waals surface area contributed by atoms with Gasteiger partial charge in [0.25, 0.3) is 0 Å². The van der Waals surface area contributed by atoms with Crippen LogP contribution in [0.25, 0.3) is 5.65 Å². The molecule has 0 fully saturated rings. The molecule has 17 heavy (non-hydrogen) atoms. The molecule has 0 radical (unpaired) electrons. The summed E-state index contributed by atoms with van der Waals surface area (Å²) in [5.41, 5.74) is -3.07. The van der Waals surface area contributed by atoms with Gasteiger partial charge < -0.3 is 5.11 Å². The molecule has 9 heteroatoms. The second kappa shape index (κ2) is 3.40. The van der Waals surface area contributed by atoms with Gasteiger partial charge >= 0.3 is 12.1 Å². The van der Waals surface area contributed by atoms with Crippen LogP contribution in [0.3, 0.4) is 0 Å². The van der Waals surface area contributed by atoms with E-state index in [1.165, 1.54) is 0 Å². The number of alkyl halides is 3. The molecule has 0 aliphatic carbocycles. The SMILES string of the molecule is O=C(O)c1nn2ccc(C(F)(F)F)nc2c1F. The lowest BCUT2D eigenvalue weighted by molar-refractivity contribution is -0.141. The van der Waals surface area contributed by atoms with E-state index in [0.29, 0.717) is 10.6 Å². The van der Waals surface area contributed by atoms with Crippen LogP contribution in [-0.2, 0) is 6.18 Å². The summed E-state index contributed by atoms with van der Waals surface area (Å²) in [5, 5.41) is 11.8. The van der Waals surface area contributed by atoms with Crippen molar-refractivity contribution in [2.24, 2.45) is 0 Å². The highest BCUT2D eigenvalue weighted by atomic mass is 19.4. The van der Waals surface area contributed by atoms with Gasteiger partial charge in [-0.25, -0.2) is 18.7 Å². The zero-order valence-corrected chi connectivity index (χ0v) is 7.86. The monoisotopic (exact) mass is 249 g/mol. The first-order chi connectivity index (χ1) is 7.80. The Morgan fingerprint density at radius 1 is 1.41 bits per heavy atom. The molecule has 0 atom stereocenters. The second-order valence-corrected chi connectivity index (χ2v) is 3.05. The molecule has 0 bridgehead atoms. The van der Waals surface area contributed by atoms with Gasteiger partial charge in [0.05, 0.1) is 0 Å². The van der Waals surface area contributed by atoms with Crippen molar-refractivity contribution in [3.05, 3.63) is 29.5 Å². The maximum Gasteiger partial charge on any atom is 0.433 e. The van der Waals surface area contributed by atoms with Crippen LogP contribution in [0.5, 0.6) is 0 Å². The molecular formula is C8H3F4N3O2. The summed E-state index contributed by atoms with van der Waals surface area (Å²) >= 11 is 0. The Labute approximate surface area is 90.3 Å². The molecule has 1 N–H and O–H groups in total. The van der Waals surface area contributed by atoms with E-state index in [1.807, 2.05) is 0 Å². The Hall–Kier alpha value is -2.19. The lowest BCUT2D eigenvalue weighted by Gasteiger charge is -2.04. The summed E-state index contributed by atoms with van der Waals surface area (Å²) in [6, 6.07) is 0.574. The van der Waals surface area contributed by atoms with Crippen LogP contribution < -0.4 is 0 Å². The van der Waals surface area contributed by atoms with Crippen LogP contribution in [0.1, 0.15) is 16.2 Å². The van der Waals surface area contributed by atoms with E-state index in [-0.39, 0.29) is 0 Å². The van der Waals surface area contributed by atoms with Crippen LogP contribution >= 0.6 is 0 Å². The fourth-order valence-corrected chi connectivity index (χ4v) is 1.20. The fraction of sp³-hybridized carbons (Fsp3) is 0.125. The molecule has 0 spiro atoms. The van der Waals surface area contributed by atoms with Crippen molar-refractivity contribution in [3.63, 3.8) is 0 Å². The van der Waals surface area contributed by atoms with Gasteiger partial charge in [-0.15, -0.1) is 0 Å². The minimum atomic E-state index is -4.73. The third kappa shape index (κ3) is 1.79. The van der Waals surface area contributed by atoms with Gasteiger partial charge in [-0.05, 0) is 6.07 Å². The van der Waals surface area contributed by atoms with E-state index in [2.05, 4.69) is 10.1 Å². The van der Waals surface area contributed by atoms with Crippen LogP contribution in [0.4, 0.5) is 17.6 Å². The van der Waals surface area contributed by atoms with E-state index in [1.54, 1.807) is 0 Å². The van der Waals surface area contributed by atoms with Crippen LogP contribution in [-0.4, -0.2) is 25.7 Å². The van der Waals surface area contributed by atoms with Crippen LogP contribution in [0, 0.1) is 5.82 Å². The molecule has 0 aliphatic heterocycles. The van der Waals surface area contributed by atoms with Crippen molar-refractivity contribution in [1.29, 1.82) is 0 Å². The number of halogens is 4. The van der Waals surface area contributed by atoms with Crippen molar-refractivity contribution in [2.45, 2.75) is 6.18 Å². The first-order valence-corrected chi connectivity index (χ1v) is 4.16. The van der Waals surface area contributed by atoms with Gasteiger partial charge in [0, 0.05) is 6.20 Å². The fourth-order valence-electron chi connectivity index (χ4n) is 1.20. The zero-order valence-electron chi connectivity index (χ0n) is 7.86. The lowest BCUT2D eigenvalue weighted by Crippen LogP contribution is -2.09. The predicted molar refractivity (Wildman–Crippen MR) is 44.9 cm³/mol. The largest absolute Gasteiger partial charge is 0.476 e. The minimum Gasteiger partial charge on any atom is -0.476 e. The smallest absolute Gasteiger partial charge is 0.433 e. The molecule has 0 saturated carbocycles. The number of rotatable bonds is 1. The Bertz CT molecular complexity index is 605. The van der Waals surface area contributed by atoms with Crippen molar-refractivity contribution in [1.82, 2.24) is 14.6 Å². The summed E-state index contributed by atoms with van der Waals surface area (Å²) in [5.74, 6) is -3.08. The van der Waals surface area contributed by atoms with Crippen molar-refractivity contribution in [3.8, 4) is 0 Å². The Morgan fingerprint density at radius 2 is 2.06 bits per heavy atom. The normalized spacial score (nSPS) is 12.0. The molecule has 0 amide bonds. The van der Waals surface area contributed by atoms with E-state index in [4.69, 9.17) is 5.11 Å². The molecule has 2 heterocycles. The summed E-state index contributed by atoms with van der Waals surface area (Å²) in [6.45, 7) is 0. The first kappa shape index (κ1) is 11.3. The molecule has 0 aliphatic rings. The van der Waals surface area contributed by atoms with Gasteiger partial charge in [-0.3, -0.25) is 0 Å². The minimum absolute atomic E-state index is 0.574. The number of aromatic carboxylic acids is 1. The molecule has 2 rings (SSSR count). The second-order valence-electron chi connectivity index (χ2n) is 3.05. The van der Waals surface area contributed by atoms with Crippen LogP contribution in [0.2, 0.25) is 0 Å². The van der Waals surface area contributed by atoms with Gasteiger partial charge in [0.15, 0.2) is 5.65 Å². The maximum atomic E-state index is 13.4. The highest BCUT2D eigenvalue weighted by Crippen LogP contribution is 2.28. The summed E-state index contributed by atoms with van der Waals surface area (Å²) < 4.78 is 50.8. The van der Waals surface area contributed by atoms with E-state index >= 15 is 0 Å². The molecule has 0 saturated heterocycles. The number of aromatic nitrogens is 3. The predicted octanol–water partition coefficient (Wildman–Crippen LogP) is 1.59. The summed E-state index contributed by atoms with van der Waals surface area (Å²) in [6.07, 6.45) is -3.94. The molecule has 90 valence electrons. The zero-order chi connectivity index (χ0) is 12.8. The highest BCUT2D eigenvalue weighted by molar-refractivity contribution is 5.87. The van der Waals surface area contributed by atoms with Gasteiger partial charge in [-0.1, -0.05) is 0 Å². The average molecular weight is 249 g/mol. The Kier molecular flexibility index (Phi) is 2.26. The van der Waals surface area contributed by atoms with Gasteiger partial charge in [-0.2, -0.15) is 18.3 Å². The average Bonchev–Trinajstić information content (AvgIpc) is 2.54. The number of carboxylic acid groups (broad SMARTS) is 1. The molecule has 2 aromatic rings. The number of hydrogen-bond acceptors (Lipinski definition) is 3. The number of fused-ring (bicyclic) bond motifs is 1. The molecule has 5 nitrogen and oxygen atoms in total. The highest BCUT2D eigenvalue weighted by Gasteiger charge is 2.33. The standard InChI is InChI=1S/C8H3F4N3O2/c9-4-5(7(16)17)14-15-2-1-3(8(10,11)12)13-6(4)15/h1-2H,(H,16,17). The number of carboxylic acids is 1. The van der Waals surface area contributed by atoms with Gasteiger partial charge in [0.1, 0.15) is 5.69 Å². The van der Waals surface area contributed by atoms with Crippen molar-refractivity contribution in [2.75, 3.05) is 0 Å². The number of carbonyl (C=O) groups is 1. The third-order valence-corrected chi connectivity index (χ3v) is 1.92. The summed E-state index contributed by atoms with van der Waals surface area (Å²) in [7, 11) is 0. The van der Waals surface area contributed by atoms with E-state index in [9.17, 15) is 22.4 Å². The topological polar surface area (TPSA) is 67.5 Å². The third-order valence-electron chi connectivity index (χ3n) is 1.92. The molecule has 0 unspecified atom stereocenters. The van der Waals surface area contributed by atoms with E-state index < -0.39 is 35.0 Å². The Balaban J connectivity index is 2.70. The first-order valence-electron chi connectivity index (χ1n) is 4.16. The molecule has 2 aromatic heterocycles. The quantitative estimate of drug-likeness (QED) is 0.779. The maximum absolute atomic E-state index is 13.4. The van der Waals surface area contributed by atoms with E-state index in [0.717, 1.165) is 6.20 Å². The van der Waals surface area contributed by atoms with Gasteiger partial charge in [0.2, 0.25) is 11.5 Å². The number of nitrogens with zero attached hydrogens (tertiary/aromatic N) is 3. The Morgan fingerprint density at radius 3 is 2.59 bits per heavy atom.